The molecule has 1 aromatic heterocycles. The Morgan fingerprint density at radius 3 is 1.93 bits per heavy atom. The Balaban J connectivity index is 1.93. The molecule has 0 aliphatic carbocycles. The third-order valence-corrected chi connectivity index (χ3v) is 4.15. The maximum Gasteiger partial charge on any atom is 0.159 e. The zero-order valence-corrected chi connectivity index (χ0v) is 16.2. The van der Waals surface area contributed by atoms with Gasteiger partial charge in [-0.25, -0.2) is 9.97 Å². The van der Waals surface area contributed by atoms with Crippen LogP contribution in [0.25, 0.3) is 0 Å². The molecule has 0 bridgehead atoms. The highest BCUT2D eigenvalue weighted by Crippen LogP contribution is 2.35. The van der Waals surface area contributed by atoms with Gasteiger partial charge in [0.05, 0.1) is 32.7 Å². The summed E-state index contributed by atoms with van der Waals surface area (Å²) < 4.78 is 16.1. The number of hydrogen-bond donors (Lipinski definition) is 3. The Morgan fingerprint density at radius 2 is 1.36 bits per heavy atom. The molecule has 8 nitrogen and oxygen atoms in total. The van der Waals surface area contributed by atoms with E-state index in [1.54, 1.807) is 33.5 Å². The summed E-state index contributed by atoms with van der Waals surface area (Å²) in [6.07, 6.45) is 1.43. The minimum Gasteiger partial charge on any atom is -0.497 e. The minimum atomic E-state index is 0.357. The molecule has 0 spiro atoms. The van der Waals surface area contributed by atoms with Crippen LogP contribution in [0, 0.1) is 6.92 Å². The van der Waals surface area contributed by atoms with E-state index in [-0.39, 0.29) is 0 Å². The van der Waals surface area contributed by atoms with E-state index < -0.39 is 0 Å². The number of methoxy groups -OCH3 is 3. The lowest BCUT2D eigenvalue weighted by Gasteiger charge is -2.16. The van der Waals surface area contributed by atoms with Crippen molar-refractivity contribution in [3.8, 4) is 17.2 Å². The molecule has 0 saturated heterocycles. The molecule has 4 N–H and O–H groups in total. The second-order valence-corrected chi connectivity index (χ2v) is 6.00. The van der Waals surface area contributed by atoms with Crippen molar-refractivity contribution in [2.45, 2.75) is 6.92 Å². The molecule has 0 fully saturated rings. The van der Waals surface area contributed by atoms with E-state index in [1.165, 1.54) is 6.33 Å². The van der Waals surface area contributed by atoms with Gasteiger partial charge in [-0.05, 0) is 36.8 Å². The van der Waals surface area contributed by atoms with Crippen LogP contribution in [-0.2, 0) is 0 Å². The van der Waals surface area contributed by atoms with Crippen LogP contribution >= 0.6 is 0 Å². The van der Waals surface area contributed by atoms with Gasteiger partial charge in [-0.2, -0.15) is 0 Å². The van der Waals surface area contributed by atoms with Gasteiger partial charge in [0.1, 0.15) is 29.3 Å². The van der Waals surface area contributed by atoms with Crippen LogP contribution < -0.4 is 30.6 Å². The van der Waals surface area contributed by atoms with E-state index in [2.05, 4.69) is 20.6 Å². The highest BCUT2D eigenvalue weighted by Gasteiger charge is 2.13. The predicted octanol–water partition coefficient (Wildman–Crippen LogP) is 3.88. The van der Waals surface area contributed by atoms with Gasteiger partial charge in [0, 0.05) is 6.07 Å². The Labute approximate surface area is 163 Å². The molecule has 0 unspecified atom stereocenters. The molecule has 3 aromatic rings. The first-order valence-electron chi connectivity index (χ1n) is 8.57. The quantitative estimate of drug-likeness (QED) is 0.566. The number of ether oxygens (including phenoxy) is 3. The molecule has 0 aliphatic heterocycles. The van der Waals surface area contributed by atoms with Gasteiger partial charge in [-0.3, -0.25) is 0 Å². The van der Waals surface area contributed by atoms with Crippen LogP contribution in [0.3, 0.4) is 0 Å². The molecule has 0 atom stereocenters. The van der Waals surface area contributed by atoms with Crippen LogP contribution in [0.1, 0.15) is 5.56 Å². The molecule has 8 heteroatoms. The summed E-state index contributed by atoms with van der Waals surface area (Å²) in [5.74, 6) is 2.90. The number of rotatable bonds is 7. The fraction of sp³-hybridized carbons (Fsp3) is 0.200. The molecule has 0 amide bonds. The number of nitrogens with two attached hydrogens (primary N) is 1. The maximum atomic E-state index is 6.31. The topological polar surface area (TPSA) is 104 Å². The first-order valence-corrected chi connectivity index (χ1v) is 8.57. The average molecular weight is 381 g/mol. The number of nitrogens with zero attached hydrogens (tertiary/aromatic N) is 2. The first kappa shape index (κ1) is 19.1. The maximum absolute atomic E-state index is 6.31. The van der Waals surface area contributed by atoms with Crippen molar-refractivity contribution in [1.29, 1.82) is 0 Å². The predicted molar refractivity (Wildman–Crippen MR) is 110 cm³/mol. The van der Waals surface area contributed by atoms with E-state index in [9.17, 15) is 0 Å². The number of aryl methyl sites for hydroxylation is 1. The average Bonchev–Trinajstić information content (AvgIpc) is 2.71. The van der Waals surface area contributed by atoms with Crippen molar-refractivity contribution >= 4 is 28.7 Å². The van der Waals surface area contributed by atoms with Gasteiger partial charge in [0.2, 0.25) is 0 Å². The molecular formula is C20H23N5O3. The molecule has 28 heavy (non-hydrogen) atoms. The van der Waals surface area contributed by atoms with Gasteiger partial charge < -0.3 is 30.6 Å². The third kappa shape index (κ3) is 4.01. The van der Waals surface area contributed by atoms with Crippen LogP contribution in [0.2, 0.25) is 0 Å². The number of nitrogen functional groups attached to an aromatic ring is 1. The second-order valence-electron chi connectivity index (χ2n) is 6.00. The molecule has 1 heterocycles. The van der Waals surface area contributed by atoms with Crippen molar-refractivity contribution in [1.82, 2.24) is 9.97 Å². The van der Waals surface area contributed by atoms with Crippen molar-refractivity contribution in [3.63, 3.8) is 0 Å². The lowest BCUT2D eigenvalue weighted by Crippen LogP contribution is -2.06. The van der Waals surface area contributed by atoms with Crippen LogP contribution in [0.5, 0.6) is 17.2 Å². The molecular weight excluding hydrogens is 358 g/mol. The van der Waals surface area contributed by atoms with Crippen molar-refractivity contribution in [2.75, 3.05) is 37.7 Å². The first-order chi connectivity index (χ1) is 13.5. The number of aromatic nitrogens is 2. The number of benzene rings is 2. The Kier molecular flexibility index (Phi) is 5.69. The van der Waals surface area contributed by atoms with Crippen molar-refractivity contribution in [2.24, 2.45) is 0 Å². The molecule has 2 aromatic carbocycles. The largest absolute Gasteiger partial charge is 0.497 e. The number of anilines is 5. The zero-order chi connectivity index (χ0) is 20.1. The summed E-state index contributed by atoms with van der Waals surface area (Å²) in [7, 11) is 4.80. The number of nitrogens with one attached hydrogen (secondary N) is 2. The Hall–Kier alpha value is -3.68. The summed E-state index contributed by atoms with van der Waals surface area (Å²) in [6.45, 7) is 2.00. The van der Waals surface area contributed by atoms with Gasteiger partial charge in [-0.1, -0.05) is 6.07 Å². The lowest BCUT2D eigenvalue weighted by molar-refractivity contribution is 0.405. The molecule has 0 aliphatic rings. The highest BCUT2D eigenvalue weighted by atomic mass is 16.5. The smallest absolute Gasteiger partial charge is 0.159 e. The summed E-state index contributed by atoms with van der Waals surface area (Å²) >= 11 is 0. The van der Waals surface area contributed by atoms with E-state index in [0.717, 1.165) is 11.3 Å². The van der Waals surface area contributed by atoms with Crippen molar-refractivity contribution in [3.05, 3.63) is 48.3 Å². The van der Waals surface area contributed by atoms with Gasteiger partial charge >= 0.3 is 0 Å². The van der Waals surface area contributed by atoms with E-state index >= 15 is 0 Å². The molecule has 0 radical (unpaired) electrons. The zero-order valence-electron chi connectivity index (χ0n) is 16.2. The fourth-order valence-electron chi connectivity index (χ4n) is 2.68. The van der Waals surface area contributed by atoms with Crippen LogP contribution in [0.15, 0.2) is 42.7 Å². The molecule has 3 rings (SSSR count). The SMILES string of the molecule is COc1ccc(OC)c(Nc2ncnc(Nc3cc(C)ccc3OC)c2N)c1. The van der Waals surface area contributed by atoms with E-state index in [4.69, 9.17) is 19.9 Å². The normalized spacial score (nSPS) is 10.3. The minimum absolute atomic E-state index is 0.357. The Bertz CT molecular complexity index is 978. The van der Waals surface area contributed by atoms with Gasteiger partial charge in [-0.15, -0.1) is 0 Å². The van der Waals surface area contributed by atoms with Gasteiger partial charge in [0.25, 0.3) is 0 Å². The standard InChI is InChI=1S/C20H23N5O3/c1-12-5-7-16(27-3)14(9-12)24-19-18(21)20(23-11-22-19)25-15-10-13(26-2)6-8-17(15)28-4/h5-11H,21H2,1-4H3,(H2,22,23,24,25). The molecule has 0 saturated carbocycles. The number of hydrogen-bond acceptors (Lipinski definition) is 8. The summed E-state index contributed by atoms with van der Waals surface area (Å²) in [5, 5.41) is 6.39. The highest BCUT2D eigenvalue weighted by molar-refractivity contribution is 5.82. The van der Waals surface area contributed by atoms with Crippen LogP contribution in [0.4, 0.5) is 28.7 Å². The van der Waals surface area contributed by atoms with Gasteiger partial charge in [0.15, 0.2) is 11.6 Å². The van der Waals surface area contributed by atoms with E-state index in [1.807, 2.05) is 31.2 Å². The molecule has 146 valence electrons. The van der Waals surface area contributed by atoms with Crippen LogP contribution in [-0.4, -0.2) is 31.3 Å². The fourth-order valence-corrected chi connectivity index (χ4v) is 2.68. The Morgan fingerprint density at radius 1 is 0.786 bits per heavy atom. The lowest BCUT2D eigenvalue weighted by atomic mass is 10.2. The summed E-state index contributed by atoms with van der Waals surface area (Å²) in [4.78, 5) is 8.51. The summed E-state index contributed by atoms with van der Waals surface area (Å²) in [5.41, 5.74) is 9.18. The monoisotopic (exact) mass is 381 g/mol. The van der Waals surface area contributed by atoms with Crippen molar-refractivity contribution < 1.29 is 14.2 Å². The van der Waals surface area contributed by atoms with E-state index in [0.29, 0.717) is 40.3 Å². The second kappa shape index (κ2) is 8.34. The summed E-state index contributed by atoms with van der Waals surface area (Å²) in [6, 6.07) is 11.2. The third-order valence-electron chi connectivity index (χ3n) is 4.15.